The zero-order valence-corrected chi connectivity index (χ0v) is 11.1. The monoisotopic (exact) mass is 275 g/mol. The largest absolute Gasteiger partial charge is 0.374 e. The molecule has 1 N–H and O–H groups in total. The van der Waals surface area contributed by atoms with E-state index in [4.69, 9.17) is 23.2 Å². The van der Waals surface area contributed by atoms with E-state index >= 15 is 0 Å². The van der Waals surface area contributed by atoms with Crippen LogP contribution in [0, 0.1) is 11.8 Å². The number of halogens is 2. The number of nitrogens with one attached hydrogen (secondary N) is 1. The molecule has 0 aliphatic heterocycles. The molecule has 2 aromatic carbocycles. The Bertz CT molecular complexity index is 562. The first-order valence-corrected chi connectivity index (χ1v) is 6.23. The molecule has 0 unspecified atom stereocenters. The van der Waals surface area contributed by atoms with Crippen molar-refractivity contribution < 1.29 is 0 Å². The maximum atomic E-state index is 5.90. The summed E-state index contributed by atoms with van der Waals surface area (Å²) in [5.41, 5.74) is 1.87. The third-order valence-corrected chi connectivity index (χ3v) is 2.69. The average molecular weight is 276 g/mol. The molecule has 3 heteroatoms. The van der Waals surface area contributed by atoms with E-state index in [0.29, 0.717) is 16.6 Å². The molecule has 0 saturated heterocycles. The predicted molar refractivity (Wildman–Crippen MR) is 78.3 cm³/mol. The summed E-state index contributed by atoms with van der Waals surface area (Å²) in [6.07, 6.45) is 0. The Hall–Kier alpha value is -1.62. The van der Waals surface area contributed by atoms with Crippen molar-refractivity contribution in [1.29, 1.82) is 0 Å². The molecule has 0 heterocycles. The standard InChI is InChI=1S/C15H11Cl2N/c16-13-9-14(17)11-15(10-13)18-8-4-7-12-5-2-1-3-6-12/h1-3,5-6,9-11,18H,8H2. The second-order valence-electron chi connectivity index (χ2n) is 3.68. The van der Waals surface area contributed by atoms with Gasteiger partial charge in [-0.15, -0.1) is 0 Å². The topological polar surface area (TPSA) is 12.0 Å². The van der Waals surface area contributed by atoms with Crippen molar-refractivity contribution in [2.45, 2.75) is 0 Å². The van der Waals surface area contributed by atoms with Gasteiger partial charge in [-0.3, -0.25) is 0 Å². The fraction of sp³-hybridized carbons (Fsp3) is 0.0667. The lowest BCUT2D eigenvalue weighted by atomic mass is 10.2. The summed E-state index contributed by atoms with van der Waals surface area (Å²) in [6.45, 7) is 0.547. The van der Waals surface area contributed by atoms with E-state index in [9.17, 15) is 0 Å². The van der Waals surface area contributed by atoms with Crippen LogP contribution in [-0.4, -0.2) is 6.54 Å². The highest BCUT2D eigenvalue weighted by Gasteiger charge is 1.96. The fourth-order valence-electron chi connectivity index (χ4n) is 1.47. The van der Waals surface area contributed by atoms with Crippen LogP contribution in [0.5, 0.6) is 0 Å². The summed E-state index contributed by atoms with van der Waals surface area (Å²) in [7, 11) is 0. The average Bonchev–Trinajstić information content (AvgIpc) is 2.35. The molecule has 2 rings (SSSR count). The van der Waals surface area contributed by atoms with Gasteiger partial charge in [0, 0.05) is 21.3 Å². The molecule has 18 heavy (non-hydrogen) atoms. The lowest BCUT2D eigenvalue weighted by molar-refractivity contribution is 1.38. The van der Waals surface area contributed by atoms with Gasteiger partial charge in [0.1, 0.15) is 0 Å². The highest BCUT2D eigenvalue weighted by atomic mass is 35.5. The summed E-state index contributed by atoms with van der Waals surface area (Å²) in [6, 6.07) is 15.2. The van der Waals surface area contributed by atoms with Crippen molar-refractivity contribution >= 4 is 28.9 Å². The van der Waals surface area contributed by atoms with E-state index in [0.717, 1.165) is 11.3 Å². The van der Waals surface area contributed by atoms with Gasteiger partial charge in [0.15, 0.2) is 0 Å². The first kappa shape index (κ1) is 12.8. The zero-order valence-electron chi connectivity index (χ0n) is 9.58. The van der Waals surface area contributed by atoms with Gasteiger partial charge in [-0.1, -0.05) is 53.2 Å². The van der Waals surface area contributed by atoms with Gasteiger partial charge in [0.05, 0.1) is 6.54 Å². The summed E-state index contributed by atoms with van der Waals surface area (Å²) < 4.78 is 0. The smallest absolute Gasteiger partial charge is 0.0769 e. The number of hydrogen-bond acceptors (Lipinski definition) is 1. The van der Waals surface area contributed by atoms with E-state index in [1.165, 1.54) is 0 Å². The van der Waals surface area contributed by atoms with Gasteiger partial charge in [-0.25, -0.2) is 0 Å². The molecule has 0 aliphatic rings. The molecule has 0 saturated carbocycles. The number of anilines is 1. The van der Waals surface area contributed by atoms with Crippen LogP contribution < -0.4 is 5.32 Å². The molecule has 0 fully saturated rings. The van der Waals surface area contributed by atoms with Gasteiger partial charge in [-0.05, 0) is 30.3 Å². The molecule has 0 aromatic heterocycles. The second-order valence-corrected chi connectivity index (χ2v) is 4.55. The van der Waals surface area contributed by atoms with E-state index in [2.05, 4.69) is 17.2 Å². The van der Waals surface area contributed by atoms with Gasteiger partial charge < -0.3 is 5.32 Å². The van der Waals surface area contributed by atoms with E-state index in [-0.39, 0.29) is 0 Å². The Balaban J connectivity index is 1.95. The van der Waals surface area contributed by atoms with E-state index < -0.39 is 0 Å². The first-order chi connectivity index (χ1) is 8.74. The molecule has 90 valence electrons. The molecule has 1 nitrogen and oxygen atoms in total. The zero-order chi connectivity index (χ0) is 12.8. The fourth-order valence-corrected chi connectivity index (χ4v) is 2.00. The predicted octanol–water partition coefficient (Wildman–Crippen LogP) is 4.46. The van der Waals surface area contributed by atoms with Crippen molar-refractivity contribution in [2.75, 3.05) is 11.9 Å². The van der Waals surface area contributed by atoms with Crippen LogP contribution in [0.1, 0.15) is 5.56 Å². The minimum atomic E-state index is 0.547. The molecule has 0 spiro atoms. The maximum Gasteiger partial charge on any atom is 0.0769 e. The maximum absolute atomic E-state index is 5.90. The van der Waals surface area contributed by atoms with Crippen LogP contribution in [-0.2, 0) is 0 Å². The number of benzene rings is 2. The summed E-state index contributed by atoms with van der Waals surface area (Å²) in [5.74, 6) is 6.11. The van der Waals surface area contributed by atoms with Crippen LogP contribution >= 0.6 is 23.2 Å². The summed E-state index contributed by atoms with van der Waals surface area (Å²) >= 11 is 11.8. The quantitative estimate of drug-likeness (QED) is 0.799. The Kier molecular flexibility index (Phi) is 4.52. The second kappa shape index (κ2) is 6.35. The Morgan fingerprint density at radius 3 is 2.28 bits per heavy atom. The molecule has 2 aromatic rings. The van der Waals surface area contributed by atoms with E-state index in [1.807, 2.05) is 42.5 Å². The lowest BCUT2D eigenvalue weighted by Gasteiger charge is -2.03. The van der Waals surface area contributed by atoms with Gasteiger partial charge in [0.25, 0.3) is 0 Å². The Labute approximate surface area is 117 Å². The van der Waals surface area contributed by atoms with Gasteiger partial charge in [0.2, 0.25) is 0 Å². The highest BCUT2D eigenvalue weighted by Crippen LogP contribution is 2.22. The van der Waals surface area contributed by atoms with Crippen molar-refractivity contribution in [3.05, 3.63) is 64.1 Å². The Morgan fingerprint density at radius 1 is 0.944 bits per heavy atom. The van der Waals surface area contributed by atoms with Crippen molar-refractivity contribution in [2.24, 2.45) is 0 Å². The molecule has 0 amide bonds. The third kappa shape index (κ3) is 4.00. The first-order valence-electron chi connectivity index (χ1n) is 5.48. The summed E-state index contributed by atoms with van der Waals surface area (Å²) in [4.78, 5) is 0. The number of rotatable bonds is 2. The lowest BCUT2D eigenvalue weighted by Crippen LogP contribution is -1.98. The van der Waals surface area contributed by atoms with Gasteiger partial charge in [-0.2, -0.15) is 0 Å². The SMILES string of the molecule is Clc1cc(Cl)cc(NCC#Cc2ccccc2)c1. The minimum Gasteiger partial charge on any atom is -0.374 e. The Morgan fingerprint density at radius 2 is 1.61 bits per heavy atom. The van der Waals surface area contributed by atoms with Crippen molar-refractivity contribution in [3.8, 4) is 11.8 Å². The van der Waals surface area contributed by atoms with Crippen LogP contribution in [0.4, 0.5) is 5.69 Å². The summed E-state index contributed by atoms with van der Waals surface area (Å²) in [5, 5.41) is 4.38. The molecule has 0 atom stereocenters. The van der Waals surface area contributed by atoms with Crippen LogP contribution in [0.3, 0.4) is 0 Å². The molecule has 0 radical (unpaired) electrons. The van der Waals surface area contributed by atoms with Crippen LogP contribution in [0.25, 0.3) is 0 Å². The molecular formula is C15H11Cl2N. The molecular weight excluding hydrogens is 265 g/mol. The normalized spacial score (nSPS) is 9.44. The molecule has 0 aliphatic carbocycles. The van der Waals surface area contributed by atoms with Crippen LogP contribution in [0.15, 0.2) is 48.5 Å². The number of hydrogen-bond donors (Lipinski definition) is 1. The minimum absolute atomic E-state index is 0.547. The van der Waals surface area contributed by atoms with Crippen molar-refractivity contribution in [3.63, 3.8) is 0 Å². The molecule has 0 bridgehead atoms. The van der Waals surface area contributed by atoms with Gasteiger partial charge >= 0.3 is 0 Å². The van der Waals surface area contributed by atoms with Crippen molar-refractivity contribution in [1.82, 2.24) is 0 Å². The van der Waals surface area contributed by atoms with E-state index in [1.54, 1.807) is 6.07 Å². The van der Waals surface area contributed by atoms with Crippen LogP contribution in [0.2, 0.25) is 10.0 Å². The third-order valence-electron chi connectivity index (χ3n) is 2.25. The highest BCUT2D eigenvalue weighted by molar-refractivity contribution is 6.35.